The standard InChI is InChI=1S/C27H31NO4S/c1-4-30-26(27(29)31-5-2)18-21-9-13-24(14-10-21)32-17-16-28-20(3)6-15-25(28)23-11-7-22(19-33)8-12-23/h6-15,19,26H,4-5,16-18H2,1-3H3. The largest absolute Gasteiger partial charge is 0.492 e. The van der Waals surface area contributed by atoms with Gasteiger partial charge in [0.05, 0.1) is 13.2 Å². The molecule has 33 heavy (non-hydrogen) atoms. The van der Waals surface area contributed by atoms with Gasteiger partial charge in [-0.25, -0.2) is 4.79 Å². The zero-order valence-electron chi connectivity index (χ0n) is 19.5. The van der Waals surface area contributed by atoms with E-state index in [1.807, 2.05) is 43.3 Å². The van der Waals surface area contributed by atoms with Crippen molar-refractivity contribution in [3.05, 3.63) is 77.5 Å². The summed E-state index contributed by atoms with van der Waals surface area (Å²) in [4.78, 5) is 12.1. The maximum Gasteiger partial charge on any atom is 0.335 e. The number of aromatic nitrogens is 1. The van der Waals surface area contributed by atoms with E-state index < -0.39 is 6.10 Å². The zero-order chi connectivity index (χ0) is 23.6. The summed E-state index contributed by atoms with van der Waals surface area (Å²) >= 11 is 5.00. The van der Waals surface area contributed by atoms with Crippen LogP contribution in [0.15, 0.2) is 60.7 Å². The Hall–Kier alpha value is -2.96. The molecule has 174 valence electrons. The number of ether oxygens (including phenoxy) is 3. The Labute approximate surface area is 201 Å². The first-order chi connectivity index (χ1) is 16.0. The van der Waals surface area contributed by atoms with Crippen LogP contribution >= 0.6 is 12.2 Å². The zero-order valence-corrected chi connectivity index (χ0v) is 20.3. The molecule has 0 spiro atoms. The predicted octanol–water partition coefficient (Wildman–Crippen LogP) is 5.40. The van der Waals surface area contributed by atoms with Crippen LogP contribution in [0.5, 0.6) is 5.75 Å². The SMILES string of the molecule is CCOC(=O)C(Cc1ccc(OCCn2c(C)ccc2-c2ccc(C=S)cc2)cc1)OCC. The van der Waals surface area contributed by atoms with Crippen molar-refractivity contribution in [2.75, 3.05) is 19.8 Å². The summed E-state index contributed by atoms with van der Waals surface area (Å²) in [5.74, 6) is 0.467. The molecule has 3 rings (SSSR count). The third-order valence-corrected chi connectivity index (χ3v) is 5.66. The number of rotatable bonds is 12. The Bertz CT molecular complexity index is 1040. The fourth-order valence-corrected chi connectivity index (χ4v) is 3.85. The summed E-state index contributed by atoms with van der Waals surface area (Å²) in [6, 6.07) is 20.3. The van der Waals surface area contributed by atoms with E-state index in [-0.39, 0.29) is 5.97 Å². The molecule has 5 nitrogen and oxygen atoms in total. The van der Waals surface area contributed by atoms with Gasteiger partial charge in [-0.05, 0) is 61.7 Å². The second kappa shape index (κ2) is 12.3. The predicted molar refractivity (Wildman–Crippen MR) is 135 cm³/mol. The van der Waals surface area contributed by atoms with Crippen LogP contribution < -0.4 is 4.74 Å². The molecule has 1 aromatic heterocycles. The number of carbonyl (C=O) groups excluding carboxylic acids is 1. The third-order valence-electron chi connectivity index (χ3n) is 5.39. The maximum absolute atomic E-state index is 12.1. The van der Waals surface area contributed by atoms with Crippen molar-refractivity contribution in [3.8, 4) is 17.0 Å². The van der Waals surface area contributed by atoms with Crippen LogP contribution in [0.3, 0.4) is 0 Å². The van der Waals surface area contributed by atoms with E-state index in [0.717, 1.165) is 34.7 Å². The van der Waals surface area contributed by atoms with E-state index in [1.54, 1.807) is 12.3 Å². The summed E-state index contributed by atoms with van der Waals surface area (Å²) < 4.78 is 18.9. The number of hydrogen-bond donors (Lipinski definition) is 0. The van der Waals surface area contributed by atoms with Gasteiger partial charge in [-0.15, -0.1) is 0 Å². The molecule has 0 radical (unpaired) electrons. The van der Waals surface area contributed by atoms with Gasteiger partial charge in [0.25, 0.3) is 0 Å². The minimum atomic E-state index is -0.588. The molecule has 1 atom stereocenters. The Kier molecular flexibility index (Phi) is 9.22. The van der Waals surface area contributed by atoms with Crippen molar-refractivity contribution in [2.24, 2.45) is 0 Å². The second-order valence-corrected chi connectivity index (χ2v) is 7.88. The minimum absolute atomic E-state index is 0.325. The molecule has 0 saturated heterocycles. The molecule has 1 unspecified atom stereocenters. The van der Waals surface area contributed by atoms with Crippen molar-refractivity contribution >= 4 is 23.6 Å². The van der Waals surface area contributed by atoms with Gasteiger partial charge < -0.3 is 18.8 Å². The van der Waals surface area contributed by atoms with E-state index in [2.05, 4.69) is 35.8 Å². The van der Waals surface area contributed by atoms with Gasteiger partial charge in [0.15, 0.2) is 6.10 Å². The average molecular weight is 466 g/mol. The molecule has 6 heteroatoms. The van der Waals surface area contributed by atoms with Gasteiger partial charge in [-0.3, -0.25) is 0 Å². The van der Waals surface area contributed by atoms with Gasteiger partial charge in [-0.1, -0.05) is 48.6 Å². The van der Waals surface area contributed by atoms with Crippen LogP contribution in [0.25, 0.3) is 11.3 Å². The topological polar surface area (TPSA) is 49.7 Å². The van der Waals surface area contributed by atoms with Gasteiger partial charge in [0, 0.05) is 29.8 Å². The number of nitrogens with zero attached hydrogens (tertiary/aromatic N) is 1. The highest BCUT2D eigenvalue weighted by molar-refractivity contribution is 7.79. The summed E-state index contributed by atoms with van der Waals surface area (Å²) in [6.07, 6.45) is -0.115. The minimum Gasteiger partial charge on any atom is -0.492 e. The lowest BCUT2D eigenvalue weighted by atomic mass is 10.1. The molecule has 0 amide bonds. The number of benzene rings is 2. The average Bonchev–Trinajstić information content (AvgIpc) is 3.20. The van der Waals surface area contributed by atoms with Crippen molar-refractivity contribution in [2.45, 2.75) is 39.8 Å². The molecule has 0 aliphatic rings. The van der Waals surface area contributed by atoms with E-state index in [9.17, 15) is 4.79 Å². The van der Waals surface area contributed by atoms with Crippen LogP contribution in [-0.2, 0) is 27.2 Å². The number of carbonyl (C=O) groups is 1. The molecule has 0 bridgehead atoms. The normalized spacial score (nSPS) is 11.7. The molecule has 0 fully saturated rings. The Morgan fingerprint density at radius 1 is 1.00 bits per heavy atom. The molecule has 1 heterocycles. The molecule has 3 aromatic rings. The van der Waals surface area contributed by atoms with E-state index >= 15 is 0 Å². The van der Waals surface area contributed by atoms with Gasteiger partial charge in [0.2, 0.25) is 0 Å². The highest BCUT2D eigenvalue weighted by Crippen LogP contribution is 2.23. The Morgan fingerprint density at radius 2 is 1.73 bits per heavy atom. The molecule has 0 saturated carbocycles. The van der Waals surface area contributed by atoms with E-state index in [4.69, 9.17) is 26.4 Å². The molecule has 0 N–H and O–H groups in total. The molecule has 0 aliphatic carbocycles. The molecular weight excluding hydrogens is 434 g/mol. The lowest BCUT2D eigenvalue weighted by molar-refractivity contribution is -0.156. The van der Waals surface area contributed by atoms with Gasteiger partial charge >= 0.3 is 5.97 Å². The summed E-state index contributed by atoms with van der Waals surface area (Å²) in [7, 11) is 0. The van der Waals surface area contributed by atoms with Crippen LogP contribution in [0.1, 0.15) is 30.7 Å². The smallest absolute Gasteiger partial charge is 0.335 e. The summed E-state index contributed by atoms with van der Waals surface area (Å²) in [6.45, 7) is 7.85. The fourth-order valence-electron chi connectivity index (χ4n) is 3.69. The number of aryl methyl sites for hydroxylation is 1. The van der Waals surface area contributed by atoms with Crippen molar-refractivity contribution in [3.63, 3.8) is 0 Å². The van der Waals surface area contributed by atoms with Crippen LogP contribution in [0, 0.1) is 6.92 Å². The van der Waals surface area contributed by atoms with Crippen molar-refractivity contribution < 1.29 is 19.0 Å². The lowest BCUT2D eigenvalue weighted by Crippen LogP contribution is -2.28. The third kappa shape index (κ3) is 6.76. The van der Waals surface area contributed by atoms with Gasteiger partial charge in [0.1, 0.15) is 12.4 Å². The fraction of sp³-hybridized carbons (Fsp3) is 0.333. The first kappa shape index (κ1) is 24.7. The van der Waals surface area contributed by atoms with Crippen LogP contribution in [0.2, 0.25) is 0 Å². The number of hydrogen-bond acceptors (Lipinski definition) is 5. The van der Waals surface area contributed by atoms with Crippen molar-refractivity contribution in [1.29, 1.82) is 0 Å². The number of esters is 1. The maximum atomic E-state index is 12.1. The van der Waals surface area contributed by atoms with Gasteiger partial charge in [-0.2, -0.15) is 0 Å². The Morgan fingerprint density at radius 3 is 2.36 bits per heavy atom. The van der Waals surface area contributed by atoms with E-state index in [1.165, 1.54) is 5.69 Å². The van der Waals surface area contributed by atoms with Crippen molar-refractivity contribution in [1.82, 2.24) is 4.57 Å². The lowest BCUT2D eigenvalue weighted by Gasteiger charge is -2.16. The first-order valence-electron chi connectivity index (χ1n) is 11.3. The molecule has 0 aliphatic heterocycles. The number of thiocarbonyl (C=S) groups is 1. The first-order valence-corrected chi connectivity index (χ1v) is 11.7. The molecular formula is C27H31NO4S. The highest BCUT2D eigenvalue weighted by Gasteiger charge is 2.20. The second-order valence-electron chi connectivity index (χ2n) is 7.64. The summed E-state index contributed by atoms with van der Waals surface area (Å²) in [5.41, 5.74) is 5.52. The molecule has 2 aromatic carbocycles. The Balaban J connectivity index is 1.58. The summed E-state index contributed by atoms with van der Waals surface area (Å²) in [5, 5.41) is 1.68. The van der Waals surface area contributed by atoms with Crippen LogP contribution in [0.4, 0.5) is 0 Å². The quantitative estimate of drug-likeness (QED) is 0.265. The van der Waals surface area contributed by atoms with Crippen LogP contribution in [-0.4, -0.2) is 41.8 Å². The van der Waals surface area contributed by atoms with E-state index in [0.29, 0.717) is 26.2 Å². The highest BCUT2D eigenvalue weighted by atomic mass is 32.1. The monoisotopic (exact) mass is 465 g/mol.